The summed E-state index contributed by atoms with van der Waals surface area (Å²) in [5.74, 6) is 2.09. The van der Waals surface area contributed by atoms with Crippen LogP contribution in [0.15, 0.2) is 60.0 Å². The number of hydrogen-bond acceptors (Lipinski definition) is 5. The lowest BCUT2D eigenvalue weighted by Crippen LogP contribution is -2.32. The SMILES string of the molecule is Cc1ccccc1-n1ccnc1SCC(=O)N1CCCC1c1ccc2c(c1)OCCCO2. The third-order valence-corrected chi connectivity index (χ3v) is 6.99. The number of fused-ring (bicyclic) bond motifs is 1. The highest BCUT2D eigenvalue weighted by atomic mass is 32.2. The number of nitrogens with zero attached hydrogens (tertiary/aromatic N) is 3. The Hall–Kier alpha value is -2.93. The van der Waals surface area contributed by atoms with E-state index < -0.39 is 0 Å². The zero-order valence-electron chi connectivity index (χ0n) is 18.2. The van der Waals surface area contributed by atoms with Gasteiger partial charge in [0.2, 0.25) is 5.91 Å². The van der Waals surface area contributed by atoms with Crippen molar-refractivity contribution in [3.05, 3.63) is 66.0 Å². The Labute approximate surface area is 192 Å². The summed E-state index contributed by atoms with van der Waals surface area (Å²) in [4.78, 5) is 19.7. The van der Waals surface area contributed by atoms with E-state index in [-0.39, 0.29) is 11.9 Å². The lowest BCUT2D eigenvalue weighted by molar-refractivity contribution is -0.129. The predicted molar refractivity (Wildman–Crippen MR) is 125 cm³/mol. The van der Waals surface area contributed by atoms with E-state index in [2.05, 4.69) is 40.7 Å². The number of thioether (sulfide) groups is 1. The van der Waals surface area contributed by atoms with E-state index in [0.717, 1.165) is 53.7 Å². The third-order valence-electron chi connectivity index (χ3n) is 6.04. The Morgan fingerprint density at radius 2 is 1.97 bits per heavy atom. The summed E-state index contributed by atoms with van der Waals surface area (Å²) in [7, 11) is 0. The zero-order valence-corrected chi connectivity index (χ0v) is 19.0. The number of aryl methyl sites for hydroxylation is 1. The van der Waals surface area contributed by atoms with Crippen molar-refractivity contribution in [3.63, 3.8) is 0 Å². The second-order valence-electron chi connectivity index (χ2n) is 8.16. The van der Waals surface area contributed by atoms with Gasteiger partial charge >= 0.3 is 0 Å². The number of imidazole rings is 1. The Balaban J connectivity index is 1.29. The maximum atomic E-state index is 13.2. The van der Waals surface area contributed by atoms with E-state index in [4.69, 9.17) is 9.47 Å². The number of carbonyl (C=O) groups excluding carboxylic acids is 1. The number of para-hydroxylation sites is 1. The van der Waals surface area contributed by atoms with E-state index in [0.29, 0.717) is 19.0 Å². The molecule has 1 amide bonds. The molecule has 6 nitrogen and oxygen atoms in total. The van der Waals surface area contributed by atoms with Crippen LogP contribution in [0.2, 0.25) is 0 Å². The normalized spacial score (nSPS) is 17.9. The summed E-state index contributed by atoms with van der Waals surface area (Å²) in [6.45, 7) is 4.20. The Morgan fingerprint density at radius 3 is 2.84 bits per heavy atom. The average Bonchev–Trinajstić information content (AvgIpc) is 3.42. The van der Waals surface area contributed by atoms with Crippen LogP contribution in [0.5, 0.6) is 11.5 Å². The maximum Gasteiger partial charge on any atom is 0.233 e. The summed E-state index contributed by atoms with van der Waals surface area (Å²) < 4.78 is 13.7. The molecule has 2 aliphatic heterocycles. The van der Waals surface area contributed by atoms with Gasteiger partial charge in [0.1, 0.15) is 0 Å². The maximum absolute atomic E-state index is 13.2. The molecule has 0 saturated carbocycles. The van der Waals surface area contributed by atoms with Crippen molar-refractivity contribution in [1.29, 1.82) is 0 Å². The smallest absolute Gasteiger partial charge is 0.233 e. The molecule has 1 saturated heterocycles. The van der Waals surface area contributed by atoms with E-state index in [1.165, 1.54) is 17.3 Å². The molecule has 32 heavy (non-hydrogen) atoms. The summed E-state index contributed by atoms with van der Waals surface area (Å²) in [6, 6.07) is 14.4. The van der Waals surface area contributed by atoms with Crippen molar-refractivity contribution in [1.82, 2.24) is 14.5 Å². The van der Waals surface area contributed by atoms with Gasteiger partial charge in [-0.2, -0.15) is 0 Å². The van der Waals surface area contributed by atoms with Crippen molar-refractivity contribution in [2.24, 2.45) is 0 Å². The second kappa shape index (κ2) is 9.28. The number of benzene rings is 2. The molecular weight excluding hydrogens is 422 g/mol. The highest BCUT2D eigenvalue weighted by molar-refractivity contribution is 7.99. The Bertz CT molecular complexity index is 1110. The van der Waals surface area contributed by atoms with Crippen molar-refractivity contribution in [2.75, 3.05) is 25.5 Å². The molecule has 3 aromatic rings. The molecule has 1 aromatic heterocycles. The molecule has 0 aliphatic carbocycles. The Kier molecular flexibility index (Phi) is 6.08. The largest absolute Gasteiger partial charge is 0.490 e. The van der Waals surface area contributed by atoms with Crippen LogP contribution in [0.3, 0.4) is 0 Å². The molecule has 166 valence electrons. The average molecular weight is 450 g/mol. The first-order valence-corrected chi connectivity index (χ1v) is 12.1. The van der Waals surface area contributed by atoms with Gasteiger partial charge in [-0.25, -0.2) is 4.98 Å². The molecular formula is C25H27N3O3S. The van der Waals surface area contributed by atoms with Crippen LogP contribution >= 0.6 is 11.8 Å². The summed E-state index contributed by atoms with van der Waals surface area (Å²) in [6.07, 6.45) is 6.59. The van der Waals surface area contributed by atoms with Crippen molar-refractivity contribution >= 4 is 17.7 Å². The number of rotatable bonds is 5. The van der Waals surface area contributed by atoms with E-state index >= 15 is 0 Å². The van der Waals surface area contributed by atoms with Gasteiger partial charge in [-0.3, -0.25) is 9.36 Å². The van der Waals surface area contributed by atoms with E-state index in [1.54, 1.807) is 6.20 Å². The molecule has 2 aliphatic rings. The standard InChI is InChI=1S/C25H27N3O3S/c1-18-6-2-3-7-20(18)28-13-11-26-25(28)32-17-24(29)27-12-4-8-21(27)19-9-10-22-23(16-19)31-15-5-14-30-22/h2-3,6-7,9-11,13,16,21H,4-5,8,12,14-15,17H2,1H3. The minimum atomic E-state index is 0.0800. The van der Waals surface area contributed by atoms with E-state index in [9.17, 15) is 4.79 Å². The highest BCUT2D eigenvalue weighted by Gasteiger charge is 2.31. The number of carbonyl (C=O) groups is 1. The molecule has 1 fully saturated rings. The van der Waals surface area contributed by atoms with Crippen LogP contribution in [0.1, 0.15) is 36.4 Å². The molecule has 0 N–H and O–H groups in total. The summed E-state index contributed by atoms with van der Waals surface area (Å²) >= 11 is 1.49. The van der Waals surface area contributed by atoms with Gasteiger partial charge in [0.25, 0.3) is 0 Å². The van der Waals surface area contributed by atoms with Crippen molar-refractivity contribution in [3.8, 4) is 17.2 Å². The molecule has 5 rings (SSSR count). The minimum absolute atomic E-state index is 0.0800. The monoisotopic (exact) mass is 449 g/mol. The fraction of sp³-hybridized carbons (Fsp3) is 0.360. The number of aromatic nitrogens is 2. The number of hydrogen-bond donors (Lipinski definition) is 0. The second-order valence-corrected chi connectivity index (χ2v) is 9.10. The summed E-state index contributed by atoms with van der Waals surface area (Å²) in [5.41, 5.74) is 3.38. The van der Waals surface area contributed by atoms with Crippen LogP contribution in [0, 0.1) is 6.92 Å². The number of amides is 1. The van der Waals surface area contributed by atoms with Gasteiger partial charge in [-0.1, -0.05) is 36.0 Å². The third kappa shape index (κ3) is 4.21. The Morgan fingerprint density at radius 1 is 1.12 bits per heavy atom. The van der Waals surface area contributed by atoms with Gasteiger partial charge in [0, 0.05) is 25.4 Å². The van der Waals surface area contributed by atoms with Gasteiger partial charge in [0.05, 0.1) is 30.7 Å². The molecule has 3 heterocycles. The molecule has 0 spiro atoms. The van der Waals surface area contributed by atoms with Crippen molar-refractivity contribution < 1.29 is 14.3 Å². The summed E-state index contributed by atoms with van der Waals surface area (Å²) in [5, 5.41) is 0.832. The number of ether oxygens (including phenoxy) is 2. The lowest BCUT2D eigenvalue weighted by atomic mass is 10.0. The fourth-order valence-electron chi connectivity index (χ4n) is 4.42. The topological polar surface area (TPSA) is 56.6 Å². The molecule has 1 unspecified atom stereocenters. The predicted octanol–water partition coefficient (Wildman–Crippen LogP) is 4.80. The van der Waals surface area contributed by atoms with Crippen LogP contribution < -0.4 is 9.47 Å². The van der Waals surface area contributed by atoms with Gasteiger partial charge in [-0.15, -0.1) is 0 Å². The van der Waals surface area contributed by atoms with Crippen LogP contribution in [-0.4, -0.2) is 45.9 Å². The first-order chi connectivity index (χ1) is 15.7. The number of likely N-dealkylation sites (tertiary alicyclic amines) is 1. The van der Waals surface area contributed by atoms with Gasteiger partial charge < -0.3 is 14.4 Å². The molecule has 1 atom stereocenters. The lowest BCUT2D eigenvalue weighted by Gasteiger charge is -2.25. The molecule has 0 radical (unpaired) electrons. The van der Waals surface area contributed by atoms with Crippen LogP contribution in [0.4, 0.5) is 0 Å². The van der Waals surface area contributed by atoms with Crippen LogP contribution in [0.25, 0.3) is 5.69 Å². The van der Waals surface area contributed by atoms with Crippen LogP contribution in [-0.2, 0) is 4.79 Å². The fourth-order valence-corrected chi connectivity index (χ4v) is 5.27. The first-order valence-electron chi connectivity index (χ1n) is 11.1. The molecule has 2 aromatic carbocycles. The highest BCUT2D eigenvalue weighted by Crippen LogP contribution is 2.38. The van der Waals surface area contributed by atoms with Gasteiger partial charge in [0.15, 0.2) is 16.7 Å². The van der Waals surface area contributed by atoms with Crippen molar-refractivity contribution in [2.45, 2.75) is 37.4 Å². The van der Waals surface area contributed by atoms with E-state index in [1.807, 2.05) is 29.3 Å². The zero-order chi connectivity index (χ0) is 21.9. The molecule has 7 heteroatoms. The minimum Gasteiger partial charge on any atom is -0.490 e. The van der Waals surface area contributed by atoms with Gasteiger partial charge in [-0.05, 0) is 49.1 Å². The molecule has 0 bridgehead atoms. The quantitative estimate of drug-likeness (QED) is 0.524. The first kappa shape index (κ1) is 20.9.